The summed E-state index contributed by atoms with van der Waals surface area (Å²) >= 11 is 1.88. The molecule has 5 nitrogen and oxygen atoms in total. The number of thioether (sulfide) groups is 1. The average Bonchev–Trinajstić information content (AvgIpc) is 2.34. The number of hydrogen-bond acceptors (Lipinski definition) is 3. The highest BCUT2D eigenvalue weighted by Crippen LogP contribution is 2.24. The third-order valence-corrected chi connectivity index (χ3v) is 4.38. The van der Waals surface area contributed by atoms with Gasteiger partial charge in [0, 0.05) is 11.8 Å². The number of aliphatic carboxylic acids is 1. The molecule has 3 N–H and O–H groups in total. The van der Waals surface area contributed by atoms with Gasteiger partial charge in [0.1, 0.15) is 6.04 Å². The third kappa shape index (κ3) is 5.16. The zero-order valence-corrected chi connectivity index (χ0v) is 11.8. The number of carboxylic acids is 1. The molecule has 1 aliphatic heterocycles. The fourth-order valence-corrected chi connectivity index (χ4v) is 3.12. The molecule has 1 rings (SSSR count). The molecule has 0 aromatic rings. The minimum absolute atomic E-state index is 0.127. The van der Waals surface area contributed by atoms with Crippen molar-refractivity contribution in [2.24, 2.45) is 5.92 Å². The minimum atomic E-state index is -0.993. The third-order valence-electron chi connectivity index (χ3n) is 2.98. The number of urea groups is 1. The summed E-state index contributed by atoms with van der Waals surface area (Å²) in [6, 6.07) is -1.22. The van der Waals surface area contributed by atoms with Crippen LogP contribution < -0.4 is 10.6 Å². The van der Waals surface area contributed by atoms with E-state index < -0.39 is 12.0 Å². The summed E-state index contributed by atoms with van der Waals surface area (Å²) in [6.45, 7) is 4.16. The van der Waals surface area contributed by atoms with Gasteiger partial charge in [-0.3, -0.25) is 0 Å². The van der Waals surface area contributed by atoms with Crippen molar-refractivity contribution >= 4 is 23.8 Å². The maximum atomic E-state index is 11.6. The molecule has 104 valence electrons. The molecular weight excluding hydrogens is 252 g/mol. The van der Waals surface area contributed by atoms with Gasteiger partial charge in [0.2, 0.25) is 0 Å². The van der Waals surface area contributed by atoms with Gasteiger partial charge >= 0.3 is 12.0 Å². The first-order valence-electron chi connectivity index (χ1n) is 6.39. The summed E-state index contributed by atoms with van der Waals surface area (Å²) in [5, 5.41) is 14.7. The van der Waals surface area contributed by atoms with Gasteiger partial charge in [-0.2, -0.15) is 11.8 Å². The monoisotopic (exact) mass is 274 g/mol. The fraction of sp³-hybridized carbons (Fsp3) is 0.833. The largest absolute Gasteiger partial charge is 0.480 e. The number of carbonyl (C=O) groups excluding carboxylic acids is 1. The van der Waals surface area contributed by atoms with Crippen LogP contribution in [0.5, 0.6) is 0 Å². The van der Waals surface area contributed by atoms with Crippen LogP contribution in [-0.2, 0) is 4.79 Å². The predicted octanol–water partition coefficient (Wildman–Crippen LogP) is 1.68. The maximum Gasteiger partial charge on any atom is 0.326 e. The lowest BCUT2D eigenvalue weighted by Crippen LogP contribution is -2.49. The lowest BCUT2D eigenvalue weighted by atomic mass is 10.1. The molecule has 0 radical (unpaired) electrons. The van der Waals surface area contributed by atoms with E-state index >= 15 is 0 Å². The number of carbonyl (C=O) groups is 2. The number of rotatable bonds is 5. The Morgan fingerprint density at radius 2 is 2.11 bits per heavy atom. The predicted molar refractivity (Wildman–Crippen MR) is 72.9 cm³/mol. The second-order valence-corrected chi connectivity index (χ2v) is 6.31. The van der Waals surface area contributed by atoms with Gasteiger partial charge in [-0.05, 0) is 24.5 Å². The Bertz CT molecular complexity index is 291. The number of carboxylic acid groups (broad SMARTS) is 1. The zero-order chi connectivity index (χ0) is 13.5. The van der Waals surface area contributed by atoms with E-state index in [2.05, 4.69) is 10.6 Å². The van der Waals surface area contributed by atoms with Crippen LogP contribution in [0.2, 0.25) is 0 Å². The van der Waals surface area contributed by atoms with Crippen LogP contribution in [0.15, 0.2) is 0 Å². The lowest BCUT2D eigenvalue weighted by molar-refractivity contribution is -0.140. The van der Waals surface area contributed by atoms with E-state index in [4.69, 9.17) is 5.11 Å². The summed E-state index contributed by atoms with van der Waals surface area (Å²) in [5.74, 6) is 0.0297. The van der Waals surface area contributed by atoms with Crippen molar-refractivity contribution in [3.8, 4) is 0 Å². The Labute approximate surface area is 112 Å². The van der Waals surface area contributed by atoms with Gasteiger partial charge in [-0.1, -0.05) is 20.3 Å². The molecule has 1 heterocycles. The molecule has 18 heavy (non-hydrogen) atoms. The zero-order valence-electron chi connectivity index (χ0n) is 10.9. The number of amides is 2. The molecule has 1 unspecified atom stereocenters. The van der Waals surface area contributed by atoms with Crippen LogP contribution in [0.4, 0.5) is 4.79 Å². The van der Waals surface area contributed by atoms with E-state index in [9.17, 15) is 9.59 Å². The highest BCUT2D eigenvalue weighted by molar-refractivity contribution is 7.99. The minimum Gasteiger partial charge on any atom is -0.480 e. The van der Waals surface area contributed by atoms with Crippen molar-refractivity contribution < 1.29 is 14.7 Å². The van der Waals surface area contributed by atoms with Gasteiger partial charge in [-0.15, -0.1) is 0 Å². The first-order valence-corrected chi connectivity index (χ1v) is 7.44. The molecule has 0 aromatic carbocycles. The highest BCUT2D eigenvalue weighted by atomic mass is 32.2. The van der Waals surface area contributed by atoms with Gasteiger partial charge in [-0.25, -0.2) is 9.59 Å². The average molecular weight is 274 g/mol. The molecule has 0 aliphatic carbocycles. The SMILES string of the molecule is CC(C)[C@H](NC(=O)NCC1CCCCS1)C(=O)O. The van der Waals surface area contributed by atoms with Gasteiger partial charge < -0.3 is 15.7 Å². The Kier molecular flexibility index (Phi) is 6.32. The van der Waals surface area contributed by atoms with E-state index in [1.54, 1.807) is 13.8 Å². The van der Waals surface area contributed by atoms with E-state index in [1.165, 1.54) is 12.8 Å². The van der Waals surface area contributed by atoms with Crippen LogP contribution in [0.3, 0.4) is 0 Å². The first-order chi connectivity index (χ1) is 8.50. The van der Waals surface area contributed by atoms with Crippen molar-refractivity contribution in [3.05, 3.63) is 0 Å². The molecule has 2 amide bonds. The van der Waals surface area contributed by atoms with Gasteiger partial charge in [0.15, 0.2) is 0 Å². The van der Waals surface area contributed by atoms with Crippen LogP contribution in [-0.4, -0.2) is 40.7 Å². The highest BCUT2D eigenvalue weighted by Gasteiger charge is 2.23. The quantitative estimate of drug-likeness (QED) is 0.713. The Morgan fingerprint density at radius 3 is 2.61 bits per heavy atom. The number of nitrogens with one attached hydrogen (secondary N) is 2. The second kappa shape index (κ2) is 7.51. The number of hydrogen-bond donors (Lipinski definition) is 3. The summed E-state index contributed by atoms with van der Waals surface area (Å²) in [7, 11) is 0. The Morgan fingerprint density at radius 1 is 1.39 bits per heavy atom. The van der Waals surface area contributed by atoms with E-state index in [1.807, 2.05) is 11.8 Å². The molecule has 1 fully saturated rings. The molecule has 1 saturated heterocycles. The van der Waals surface area contributed by atoms with Gasteiger partial charge in [0.25, 0.3) is 0 Å². The normalized spacial score (nSPS) is 21.4. The lowest BCUT2D eigenvalue weighted by Gasteiger charge is -2.23. The van der Waals surface area contributed by atoms with E-state index in [0.717, 1.165) is 12.2 Å². The topological polar surface area (TPSA) is 78.4 Å². The van der Waals surface area contributed by atoms with Gasteiger partial charge in [0.05, 0.1) is 0 Å². The van der Waals surface area contributed by atoms with Crippen molar-refractivity contribution in [2.75, 3.05) is 12.3 Å². The molecule has 2 atom stereocenters. The first kappa shape index (κ1) is 15.1. The van der Waals surface area contributed by atoms with Crippen LogP contribution in [0.1, 0.15) is 33.1 Å². The van der Waals surface area contributed by atoms with Crippen LogP contribution in [0.25, 0.3) is 0 Å². The standard InChI is InChI=1S/C12H22N2O3S/c1-8(2)10(11(15)16)14-12(17)13-7-9-5-3-4-6-18-9/h8-10H,3-7H2,1-2H3,(H,15,16)(H2,13,14,17)/t9?,10-/m0/s1. The molecule has 0 spiro atoms. The molecule has 6 heteroatoms. The van der Waals surface area contributed by atoms with Crippen molar-refractivity contribution in [1.82, 2.24) is 10.6 Å². The van der Waals surface area contributed by atoms with Crippen LogP contribution in [0, 0.1) is 5.92 Å². The molecular formula is C12H22N2O3S. The second-order valence-electron chi connectivity index (χ2n) is 4.90. The molecule has 0 bridgehead atoms. The molecule has 0 saturated carbocycles. The summed E-state index contributed by atoms with van der Waals surface area (Å²) in [6.07, 6.45) is 3.59. The summed E-state index contributed by atoms with van der Waals surface area (Å²) in [5.41, 5.74) is 0. The van der Waals surface area contributed by atoms with Crippen molar-refractivity contribution in [3.63, 3.8) is 0 Å². The van der Waals surface area contributed by atoms with Crippen molar-refractivity contribution in [2.45, 2.75) is 44.4 Å². The van der Waals surface area contributed by atoms with Crippen LogP contribution >= 0.6 is 11.8 Å². The van der Waals surface area contributed by atoms with E-state index in [0.29, 0.717) is 11.8 Å². The molecule has 0 aromatic heterocycles. The fourth-order valence-electron chi connectivity index (χ4n) is 1.88. The summed E-state index contributed by atoms with van der Waals surface area (Å²) < 4.78 is 0. The maximum absolute atomic E-state index is 11.6. The van der Waals surface area contributed by atoms with E-state index in [-0.39, 0.29) is 11.9 Å². The van der Waals surface area contributed by atoms with Crippen molar-refractivity contribution in [1.29, 1.82) is 0 Å². The molecule has 1 aliphatic rings. The summed E-state index contributed by atoms with van der Waals surface area (Å²) in [4.78, 5) is 22.5. The smallest absolute Gasteiger partial charge is 0.326 e. The Hall–Kier alpha value is -0.910. The Balaban J connectivity index is 2.29.